The Balaban J connectivity index is 1.30. The summed E-state index contributed by atoms with van der Waals surface area (Å²) in [5.74, 6) is 0.846. The van der Waals surface area contributed by atoms with Gasteiger partial charge in [-0.1, -0.05) is 97.1 Å². The Morgan fingerprint density at radius 2 is 0.931 bits per heavy atom. The van der Waals surface area contributed by atoms with Crippen LogP contribution in [0.25, 0.3) is 6.08 Å². The normalized spacial score (nSPS) is 10.9. The number of rotatable bonds is 7. The third kappa shape index (κ3) is 5.70. The first kappa shape index (κ1) is 18.8. The summed E-state index contributed by atoms with van der Waals surface area (Å²) in [6.07, 6.45) is 5.63. The Morgan fingerprint density at radius 1 is 0.483 bits per heavy atom. The number of hydrogen-bond acceptors (Lipinski definition) is 1. The third-order valence-corrected chi connectivity index (χ3v) is 4.87. The van der Waals surface area contributed by atoms with Crippen molar-refractivity contribution in [2.45, 2.75) is 12.8 Å². The van der Waals surface area contributed by atoms with Gasteiger partial charge in [0.15, 0.2) is 0 Å². The van der Waals surface area contributed by atoms with Crippen LogP contribution in [0.15, 0.2) is 115 Å². The van der Waals surface area contributed by atoms with E-state index < -0.39 is 0 Å². The van der Waals surface area contributed by atoms with Crippen molar-refractivity contribution in [3.05, 3.63) is 143 Å². The van der Waals surface area contributed by atoms with Gasteiger partial charge in [0.2, 0.25) is 0 Å². The molecule has 4 aromatic rings. The van der Waals surface area contributed by atoms with Crippen LogP contribution in [0.2, 0.25) is 0 Å². The fourth-order valence-corrected chi connectivity index (χ4v) is 3.29. The zero-order chi connectivity index (χ0) is 19.7. The van der Waals surface area contributed by atoms with E-state index in [1.54, 1.807) is 6.26 Å². The topological polar surface area (TPSA) is 9.23 Å². The van der Waals surface area contributed by atoms with Crippen LogP contribution in [0.4, 0.5) is 0 Å². The lowest BCUT2D eigenvalue weighted by molar-refractivity contribution is 0.485. The minimum Gasteiger partial charge on any atom is -0.465 e. The molecule has 4 rings (SSSR count). The van der Waals surface area contributed by atoms with Crippen molar-refractivity contribution in [2.75, 3.05) is 0 Å². The lowest BCUT2D eigenvalue weighted by atomic mass is 10.0. The van der Waals surface area contributed by atoms with E-state index in [0.717, 1.165) is 24.2 Å². The van der Waals surface area contributed by atoms with Crippen molar-refractivity contribution in [3.8, 4) is 5.75 Å². The molecule has 1 nitrogen and oxygen atoms in total. The van der Waals surface area contributed by atoms with Crippen molar-refractivity contribution in [1.82, 2.24) is 0 Å². The molecule has 0 spiro atoms. The SMILES string of the molecule is C(=Cc1ccc(Cc2ccccc2)cc1)Oc1ccc(Cc2ccccc2)cc1. The van der Waals surface area contributed by atoms with Gasteiger partial charge in [-0.15, -0.1) is 0 Å². The molecule has 0 saturated carbocycles. The largest absolute Gasteiger partial charge is 0.465 e. The van der Waals surface area contributed by atoms with Gasteiger partial charge in [-0.2, -0.15) is 0 Å². The molecule has 0 fully saturated rings. The fraction of sp³-hybridized carbons (Fsp3) is 0.0714. The second-order valence-corrected chi connectivity index (χ2v) is 7.13. The molecule has 0 unspecified atom stereocenters. The second-order valence-electron chi connectivity index (χ2n) is 7.13. The molecule has 142 valence electrons. The van der Waals surface area contributed by atoms with Crippen LogP contribution < -0.4 is 4.74 Å². The van der Waals surface area contributed by atoms with E-state index in [2.05, 4.69) is 84.9 Å². The monoisotopic (exact) mass is 376 g/mol. The molecule has 1 heteroatoms. The summed E-state index contributed by atoms with van der Waals surface area (Å²) >= 11 is 0. The van der Waals surface area contributed by atoms with Crippen molar-refractivity contribution in [3.63, 3.8) is 0 Å². The summed E-state index contributed by atoms with van der Waals surface area (Å²) in [6.45, 7) is 0. The van der Waals surface area contributed by atoms with Gasteiger partial charge in [0.25, 0.3) is 0 Å². The first-order chi connectivity index (χ1) is 14.3. The van der Waals surface area contributed by atoms with Crippen molar-refractivity contribution in [1.29, 1.82) is 0 Å². The fourth-order valence-electron chi connectivity index (χ4n) is 3.29. The molecule has 0 amide bonds. The van der Waals surface area contributed by atoms with Crippen LogP contribution in [0.1, 0.15) is 27.8 Å². The predicted molar refractivity (Wildman–Crippen MR) is 121 cm³/mol. The molecule has 0 aliphatic carbocycles. The summed E-state index contributed by atoms with van der Waals surface area (Å²) in [5.41, 5.74) is 6.36. The van der Waals surface area contributed by atoms with Gasteiger partial charge >= 0.3 is 0 Å². The molecule has 29 heavy (non-hydrogen) atoms. The Bertz CT molecular complexity index is 1030. The molecule has 0 aliphatic rings. The Kier molecular flexibility index (Phi) is 6.19. The highest BCUT2D eigenvalue weighted by molar-refractivity contribution is 5.49. The summed E-state index contributed by atoms with van der Waals surface area (Å²) in [4.78, 5) is 0. The van der Waals surface area contributed by atoms with Crippen molar-refractivity contribution >= 4 is 6.08 Å². The lowest BCUT2D eigenvalue weighted by Crippen LogP contribution is -1.89. The second kappa shape index (κ2) is 9.57. The molecular formula is C28H24O. The highest BCUT2D eigenvalue weighted by Gasteiger charge is 1.98. The molecule has 4 aromatic carbocycles. The van der Waals surface area contributed by atoms with E-state index in [9.17, 15) is 0 Å². The summed E-state index contributed by atoms with van der Waals surface area (Å²) in [5, 5.41) is 0. The molecule has 0 radical (unpaired) electrons. The van der Waals surface area contributed by atoms with Gasteiger partial charge in [0.1, 0.15) is 5.75 Å². The van der Waals surface area contributed by atoms with Gasteiger partial charge in [0, 0.05) is 0 Å². The maximum Gasteiger partial charge on any atom is 0.126 e. The van der Waals surface area contributed by atoms with Crippen LogP contribution >= 0.6 is 0 Å². The van der Waals surface area contributed by atoms with E-state index in [1.807, 2.05) is 30.3 Å². The maximum absolute atomic E-state index is 5.76. The van der Waals surface area contributed by atoms with E-state index >= 15 is 0 Å². The minimum atomic E-state index is 0.846. The van der Waals surface area contributed by atoms with Crippen LogP contribution in [0.3, 0.4) is 0 Å². The number of ether oxygens (including phenoxy) is 1. The maximum atomic E-state index is 5.76. The molecule has 0 heterocycles. The zero-order valence-corrected chi connectivity index (χ0v) is 16.4. The Morgan fingerprint density at radius 3 is 1.45 bits per heavy atom. The lowest BCUT2D eigenvalue weighted by Gasteiger charge is -2.05. The average Bonchev–Trinajstić information content (AvgIpc) is 2.78. The quantitative estimate of drug-likeness (QED) is 0.318. The number of benzene rings is 4. The molecule has 0 atom stereocenters. The van der Waals surface area contributed by atoms with Gasteiger partial charge in [-0.25, -0.2) is 0 Å². The molecule has 0 aromatic heterocycles. The Labute approximate surface area is 172 Å². The van der Waals surface area contributed by atoms with E-state index in [-0.39, 0.29) is 0 Å². The summed E-state index contributed by atoms with van der Waals surface area (Å²) in [7, 11) is 0. The minimum absolute atomic E-state index is 0.846. The van der Waals surface area contributed by atoms with E-state index in [0.29, 0.717) is 0 Å². The summed E-state index contributed by atoms with van der Waals surface area (Å²) in [6, 6.07) is 37.9. The molecule has 0 aliphatic heterocycles. The average molecular weight is 376 g/mol. The molecular weight excluding hydrogens is 352 g/mol. The van der Waals surface area contributed by atoms with E-state index in [1.165, 1.54) is 22.3 Å². The predicted octanol–water partition coefficient (Wildman–Crippen LogP) is 6.92. The van der Waals surface area contributed by atoms with Gasteiger partial charge < -0.3 is 4.74 Å². The van der Waals surface area contributed by atoms with Crippen molar-refractivity contribution < 1.29 is 4.74 Å². The smallest absolute Gasteiger partial charge is 0.126 e. The van der Waals surface area contributed by atoms with Crippen molar-refractivity contribution in [2.24, 2.45) is 0 Å². The van der Waals surface area contributed by atoms with Gasteiger partial charge in [-0.3, -0.25) is 0 Å². The first-order valence-corrected chi connectivity index (χ1v) is 9.94. The third-order valence-electron chi connectivity index (χ3n) is 4.87. The number of hydrogen-bond donors (Lipinski definition) is 0. The van der Waals surface area contributed by atoms with Crippen LogP contribution in [-0.4, -0.2) is 0 Å². The zero-order valence-electron chi connectivity index (χ0n) is 16.4. The van der Waals surface area contributed by atoms with Crippen LogP contribution in [-0.2, 0) is 12.8 Å². The summed E-state index contributed by atoms with van der Waals surface area (Å²) < 4.78 is 5.76. The highest BCUT2D eigenvalue weighted by atomic mass is 16.5. The molecule has 0 N–H and O–H groups in total. The molecule has 0 bridgehead atoms. The van der Waals surface area contributed by atoms with Crippen LogP contribution in [0, 0.1) is 0 Å². The first-order valence-electron chi connectivity index (χ1n) is 9.94. The van der Waals surface area contributed by atoms with Gasteiger partial charge in [-0.05, 0) is 58.9 Å². The van der Waals surface area contributed by atoms with Gasteiger partial charge in [0.05, 0.1) is 6.26 Å². The standard InChI is InChI=1S/C28H24O/c1-3-7-24(8-4-1)21-26-13-11-23(12-14-26)19-20-29-28-17-15-27(16-18-28)22-25-9-5-2-6-10-25/h1-20H,21-22H2. The van der Waals surface area contributed by atoms with Crippen LogP contribution in [0.5, 0.6) is 5.75 Å². The Hall–Kier alpha value is -3.58. The molecule has 0 saturated heterocycles. The highest BCUT2D eigenvalue weighted by Crippen LogP contribution is 2.16. The van der Waals surface area contributed by atoms with E-state index in [4.69, 9.17) is 4.74 Å².